The quantitative estimate of drug-likeness (QED) is 0.672. The van der Waals surface area contributed by atoms with Crippen LogP contribution in [0.2, 0.25) is 0 Å². The molecule has 2 heterocycles. The fourth-order valence-electron chi connectivity index (χ4n) is 2.03. The predicted molar refractivity (Wildman–Crippen MR) is 75.4 cm³/mol. The number of hydrogen-bond donors (Lipinski definition) is 1. The summed E-state index contributed by atoms with van der Waals surface area (Å²) in [5.41, 5.74) is -0.179. The summed E-state index contributed by atoms with van der Waals surface area (Å²) >= 11 is 1.42. The largest absolute Gasteiger partial charge is 0.463 e. The van der Waals surface area contributed by atoms with Crippen LogP contribution in [0, 0.1) is 0 Å². The molecule has 1 fully saturated rings. The lowest BCUT2D eigenvalue weighted by Gasteiger charge is -2.08. The standard InChI is InChI=1S/C13H15N3O4S/c1-7(9-5-6-10(20-9)11(17)19-2)21-13-15-14-12(18)16(13)8-3-4-8/h5-8H,3-4H2,1-2H3,(H,14,18). The van der Waals surface area contributed by atoms with Crippen LogP contribution >= 0.6 is 11.8 Å². The zero-order valence-corrected chi connectivity index (χ0v) is 12.5. The second kappa shape index (κ2) is 5.44. The molecule has 2 aromatic rings. The lowest BCUT2D eigenvalue weighted by molar-refractivity contribution is 0.0563. The number of furan rings is 1. The summed E-state index contributed by atoms with van der Waals surface area (Å²) < 4.78 is 11.8. The number of nitrogens with zero attached hydrogens (tertiary/aromatic N) is 2. The zero-order valence-electron chi connectivity index (χ0n) is 11.7. The van der Waals surface area contributed by atoms with Crippen LogP contribution in [0.4, 0.5) is 0 Å². The topological polar surface area (TPSA) is 90.1 Å². The van der Waals surface area contributed by atoms with Gasteiger partial charge in [-0.05, 0) is 31.9 Å². The van der Waals surface area contributed by atoms with E-state index in [1.807, 2.05) is 6.92 Å². The first-order valence-electron chi connectivity index (χ1n) is 6.61. The van der Waals surface area contributed by atoms with Gasteiger partial charge in [0, 0.05) is 6.04 Å². The Morgan fingerprint density at radius 1 is 1.57 bits per heavy atom. The van der Waals surface area contributed by atoms with Crippen molar-refractivity contribution in [1.29, 1.82) is 0 Å². The van der Waals surface area contributed by atoms with E-state index < -0.39 is 5.97 Å². The molecule has 1 unspecified atom stereocenters. The number of thioether (sulfide) groups is 1. The smallest absolute Gasteiger partial charge is 0.373 e. The molecule has 0 saturated heterocycles. The summed E-state index contributed by atoms with van der Waals surface area (Å²) in [7, 11) is 1.31. The molecule has 1 aliphatic carbocycles. The molecule has 112 valence electrons. The van der Waals surface area contributed by atoms with Crippen LogP contribution in [0.15, 0.2) is 26.5 Å². The van der Waals surface area contributed by atoms with E-state index in [4.69, 9.17) is 4.42 Å². The van der Waals surface area contributed by atoms with Crippen molar-refractivity contribution in [3.63, 3.8) is 0 Å². The fraction of sp³-hybridized carbons (Fsp3) is 0.462. The lowest BCUT2D eigenvalue weighted by Crippen LogP contribution is -2.16. The predicted octanol–water partition coefficient (Wildman–Crippen LogP) is 2.14. The fourth-order valence-corrected chi connectivity index (χ4v) is 3.03. The van der Waals surface area contributed by atoms with Gasteiger partial charge >= 0.3 is 11.7 Å². The Hall–Kier alpha value is -1.96. The molecule has 0 bridgehead atoms. The van der Waals surface area contributed by atoms with Crippen LogP contribution < -0.4 is 5.69 Å². The van der Waals surface area contributed by atoms with Crippen molar-refractivity contribution in [2.75, 3.05) is 7.11 Å². The zero-order chi connectivity index (χ0) is 15.0. The molecular formula is C13H15N3O4S. The van der Waals surface area contributed by atoms with Gasteiger partial charge in [-0.1, -0.05) is 11.8 Å². The normalized spacial score (nSPS) is 15.9. The van der Waals surface area contributed by atoms with Gasteiger partial charge in [0.1, 0.15) is 5.76 Å². The number of rotatable bonds is 5. The average Bonchev–Trinajstić information content (AvgIpc) is 3.06. The van der Waals surface area contributed by atoms with Crippen molar-refractivity contribution in [3.8, 4) is 0 Å². The van der Waals surface area contributed by atoms with E-state index in [0.717, 1.165) is 12.8 Å². The third kappa shape index (κ3) is 2.76. The Balaban J connectivity index is 1.77. The van der Waals surface area contributed by atoms with Crippen LogP contribution in [0.5, 0.6) is 0 Å². The van der Waals surface area contributed by atoms with Crippen molar-refractivity contribution < 1.29 is 13.9 Å². The minimum absolute atomic E-state index is 0.0730. The van der Waals surface area contributed by atoms with Gasteiger partial charge in [-0.15, -0.1) is 5.10 Å². The summed E-state index contributed by atoms with van der Waals surface area (Å²) in [6.07, 6.45) is 2.02. The van der Waals surface area contributed by atoms with E-state index in [2.05, 4.69) is 14.9 Å². The third-order valence-corrected chi connectivity index (χ3v) is 4.36. The second-order valence-corrected chi connectivity index (χ2v) is 6.17. The summed E-state index contributed by atoms with van der Waals surface area (Å²) in [5.74, 6) is 0.299. The van der Waals surface area contributed by atoms with Crippen molar-refractivity contribution in [2.45, 2.75) is 36.2 Å². The molecular weight excluding hydrogens is 294 g/mol. The number of hydrogen-bond acceptors (Lipinski definition) is 6. The number of esters is 1. The number of nitrogens with one attached hydrogen (secondary N) is 1. The van der Waals surface area contributed by atoms with Crippen LogP contribution in [-0.4, -0.2) is 27.8 Å². The van der Waals surface area contributed by atoms with Crippen LogP contribution in [0.25, 0.3) is 0 Å². The van der Waals surface area contributed by atoms with Crippen LogP contribution in [0.3, 0.4) is 0 Å². The van der Waals surface area contributed by atoms with E-state index in [1.54, 1.807) is 16.7 Å². The minimum Gasteiger partial charge on any atom is -0.463 e. The molecule has 0 spiro atoms. The Morgan fingerprint density at radius 2 is 2.33 bits per heavy atom. The first-order valence-corrected chi connectivity index (χ1v) is 7.49. The molecule has 8 heteroatoms. The Morgan fingerprint density at radius 3 is 3.00 bits per heavy atom. The Bertz CT molecular complexity index is 713. The number of H-pyrrole nitrogens is 1. The van der Waals surface area contributed by atoms with Crippen molar-refractivity contribution >= 4 is 17.7 Å². The maximum Gasteiger partial charge on any atom is 0.373 e. The molecule has 0 radical (unpaired) electrons. The maximum absolute atomic E-state index is 11.7. The number of carbonyl (C=O) groups is 1. The highest BCUT2D eigenvalue weighted by molar-refractivity contribution is 7.99. The van der Waals surface area contributed by atoms with E-state index in [9.17, 15) is 9.59 Å². The van der Waals surface area contributed by atoms with Crippen molar-refractivity contribution in [2.24, 2.45) is 0 Å². The summed E-state index contributed by atoms with van der Waals surface area (Å²) in [6.45, 7) is 1.93. The van der Waals surface area contributed by atoms with E-state index in [-0.39, 0.29) is 22.7 Å². The first kappa shape index (κ1) is 14.0. The molecule has 1 atom stereocenters. The highest BCUT2D eigenvalue weighted by Gasteiger charge is 2.29. The molecule has 3 rings (SSSR count). The van der Waals surface area contributed by atoms with Gasteiger partial charge in [-0.3, -0.25) is 4.57 Å². The molecule has 0 amide bonds. The van der Waals surface area contributed by atoms with Gasteiger partial charge in [0.05, 0.1) is 12.4 Å². The molecule has 0 aromatic carbocycles. The number of methoxy groups -OCH3 is 1. The first-order chi connectivity index (χ1) is 10.1. The van der Waals surface area contributed by atoms with Gasteiger partial charge in [0.15, 0.2) is 5.16 Å². The average molecular weight is 309 g/mol. The third-order valence-electron chi connectivity index (χ3n) is 3.28. The van der Waals surface area contributed by atoms with E-state index in [1.165, 1.54) is 18.9 Å². The molecule has 0 aliphatic heterocycles. The summed E-state index contributed by atoms with van der Waals surface area (Å²) in [5, 5.41) is 7.11. The minimum atomic E-state index is -0.506. The molecule has 1 N–H and O–H groups in total. The van der Waals surface area contributed by atoms with Gasteiger partial charge in [-0.2, -0.15) is 0 Å². The van der Waals surface area contributed by atoms with E-state index >= 15 is 0 Å². The monoisotopic (exact) mass is 309 g/mol. The number of carbonyl (C=O) groups excluding carboxylic acids is 1. The SMILES string of the molecule is COC(=O)c1ccc(C(C)Sc2n[nH]c(=O)n2C2CC2)o1. The van der Waals surface area contributed by atoms with Gasteiger partial charge in [0.25, 0.3) is 0 Å². The maximum atomic E-state index is 11.7. The van der Waals surface area contributed by atoms with Gasteiger partial charge < -0.3 is 9.15 Å². The van der Waals surface area contributed by atoms with Crippen LogP contribution in [-0.2, 0) is 4.74 Å². The summed E-state index contributed by atoms with van der Waals surface area (Å²) in [4.78, 5) is 23.1. The van der Waals surface area contributed by atoms with Crippen molar-refractivity contribution in [1.82, 2.24) is 14.8 Å². The Kier molecular flexibility index (Phi) is 3.62. The molecule has 1 saturated carbocycles. The molecule has 2 aromatic heterocycles. The number of aromatic nitrogens is 3. The molecule has 21 heavy (non-hydrogen) atoms. The number of ether oxygens (including phenoxy) is 1. The Labute approximate surface area is 124 Å². The second-order valence-electron chi connectivity index (χ2n) is 4.87. The van der Waals surface area contributed by atoms with Gasteiger partial charge in [0.2, 0.25) is 5.76 Å². The molecule has 7 nitrogen and oxygen atoms in total. The highest BCUT2D eigenvalue weighted by Crippen LogP contribution is 2.40. The van der Waals surface area contributed by atoms with Crippen LogP contribution in [0.1, 0.15) is 47.4 Å². The van der Waals surface area contributed by atoms with Crippen molar-refractivity contribution in [3.05, 3.63) is 34.1 Å². The highest BCUT2D eigenvalue weighted by atomic mass is 32.2. The lowest BCUT2D eigenvalue weighted by atomic mass is 10.3. The van der Waals surface area contributed by atoms with E-state index in [0.29, 0.717) is 10.9 Å². The summed E-state index contributed by atoms with van der Waals surface area (Å²) in [6, 6.07) is 3.57. The number of aromatic amines is 1. The molecule has 1 aliphatic rings. The van der Waals surface area contributed by atoms with Gasteiger partial charge in [-0.25, -0.2) is 14.7 Å².